The molecule has 23 heavy (non-hydrogen) atoms. The number of hydrogen-bond donors (Lipinski definition) is 1. The molecule has 7 nitrogen and oxygen atoms in total. The van der Waals surface area contributed by atoms with Crippen molar-refractivity contribution in [3.05, 3.63) is 51.8 Å². The van der Waals surface area contributed by atoms with Crippen molar-refractivity contribution in [2.24, 2.45) is 0 Å². The Labute approximate surface area is 134 Å². The van der Waals surface area contributed by atoms with Crippen LogP contribution in [0.25, 0.3) is 0 Å². The smallest absolute Gasteiger partial charge is 0.353 e. The molecular weight excluding hydrogens is 294 g/mol. The maximum atomic E-state index is 11.6. The van der Waals surface area contributed by atoms with E-state index in [9.17, 15) is 10.1 Å². The molecular formula is C16H19N5O2. The first-order valence-corrected chi connectivity index (χ1v) is 7.64. The molecule has 0 unspecified atom stereocenters. The first-order valence-electron chi connectivity index (χ1n) is 7.64. The van der Waals surface area contributed by atoms with Crippen molar-refractivity contribution in [2.75, 3.05) is 16.8 Å². The maximum absolute atomic E-state index is 11.6. The third kappa shape index (κ3) is 3.08. The third-order valence-electron chi connectivity index (χ3n) is 3.84. The van der Waals surface area contributed by atoms with E-state index in [1.165, 1.54) is 17.5 Å². The van der Waals surface area contributed by atoms with Crippen molar-refractivity contribution in [1.82, 2.24) is 9.97 Å². The van der Waals surface area contributed by atoms with Crippen LogP contribution >= 0.6 is 0 Å². The average molecular weight is 313 g/mol. The summed E-state index contributed by atoms with van der Waals surface area (Å²) >= 11 is 0. The first kappa shape index (κ1) is 15.2. The summed E-state index contributed by atoms with van der Waals surface area (Å²) < 4.78 is 0. The predicted molar refractivity (Wildman–Crippen MR) is 88.6 cm³/mol. The van der Waals surface area contributed by atoms with Crippen LogP contribution in [-0.2, 0) is 13.0 Å². The number of nitro groups is 1. The number of nitrogens with one attached hydrogen (secondary N) is 1. The van der Waals surface area contributed by atoms with Gasteiger partial charge in [-0.25, -0.2) is 9.97 Å². The lowest BCUT2D eigenvalue weighted by Gasteiger charge is -2.29. The van der Waals surface area contributed by atoms with Gasteiger partial charge in [0, 0.05) is 19.1 Å². The van der Waals surface area contributed by atoms with Gasteiger partial charge in [-0.05, 0) is 31.4 Å². The lowest BCUT2D eigenvalue weighted by atomic mass is 10.00. The average Bonchev–Trinajstić information content (AvgIpc) is 2.53. The Morgan fingerprint density at radius 3 is 2.70 bits per heavy atom. The molecule has 1 aromatic carbocycles. The van der Waals surface area contributed by atoms with Crippen molar-refractivity contribution in [2.45, 2.75) is 32.9 Å². The summed E-state index contributed by atoms with van der Waals surface area (Å²) in [5.74, 6) is 0.650. The number of aromatic nitrogens is 2. The maximum Gasteiger partial charge on any atom is 0.353 e. The molecule has 1 aromatic heterocycles. The zero-order chi connectivity index (χ0) is 16.4. The number of nitrogens with zero attached hydrogens (tertiary/aromatic N) is 4. The zero-order valence-corrected chi connectivity index (χ0v) is 13.2. The Bertz CT molecular complexity index is 732. The topological polar surface area (TPSA) is 84.2 Å². The minimum atomic E-state index is -0.402. The molecule has 1 N–H and O–H groups in total. The molecule has 2 heterocycles. The highest BCUT2D eigenvalue weighted by Crippen LogP contribution is 2.34. The van der Waals surface area contributed by atoms with Gasteiger partial charge in [-0.3, -0.25) is 10.1 Å². The summed E-state index contributed by atoms with van der Waals surface area (Å²) in [4.78, 5) is 21.4. The molecule has 0 radical (unpaired) electrons. The van der Waals surface area contributed by atoms with Crippen molar-refractivity contribution in [1.29, 1.82) is 0 Å². The van der Waals surface area contributed by atoms with E-state index in [0.29, 0.717) is 18.9 Å². The lowest BCUT2D eigenvalue weighted by molar-refractivity contribution is -0.383. The quantitative estimate of drug-likeness (QED) is 0.690. The molecule has 0 spiro atoms. The van der Waals surface area contributed by atoms with Gasteiger partial charge >= 0.3 is 5.69 Å². The highest BCUT2D eigenvalue weighted by Gasteiger charge is 2.29. The minimum absolute atomic E-state index is 0.0542. The largest absolute Gasteiger partial charge is 0.362 e. The monoisotopic (exact) mass is 313 g/mol. The molecule has 3 rings (SSSR count). The molecule has 0 bridgehead atoms. The van der Waals surface area contributed by atoms with E-state index in [0.717, 1.165) is 6.42 Å². The molecule has 0 saturated carbocycles. The van der Waals surface area contributed by atoms with Crippen LogP contribution in [0.5, 0.6) is 0 Å². The summed E-state index contributed by atoms with van der Waals surface area (Å²) in [6.07, 6.45) is 2.23. The van der Waals surface area contributed by atoms with Gasteiger partial charge in [-0.1, -0.05) is 24.3 Å². The van der Waals surface area contributed by atoms with Crippen molar-refractivity contribution in [3.8, 4) is 0 Å². The van der Waals surface area contributed by atoms with Crippen LogP contribution in [-0.4, -0.2) is 27.5 Å². The van der Waals surface area contributed by atoms with E-state index >= 15 is 0 Å². The molecule has 0 fully saturated rings. The van der Waals surface area contributed by atoms with Crippen LogP contribution in [0.3, 0.4) is 0 Å². The first-order chi connectivity index (χ1) is 11.1. The second-order valence-electron chi connectivity index (χ2n) is 5.89. The molecule has 0 amide bonds. The molecule has 0 atom stereocenters. The third-order valence-corrected chi connectivity index (χ3v) is 3.84. The van der Waals surface area contributed by atoms with Gasteiger partial charge in [0.2, 0.25) is 11.6 Å². The van der Waals surface area contributed by atoms with Gasteiger partial charge in [0.25, 0.3) is 0 Å². The highest BCUT2D eigenvalue weighted by atomic mass is 16.6. The van der Waals surface area contributed by atoms with Gasteiger partial charge in [0.1, 0.15) is 6.33 Å². The number of benzene rings is 1. The molecule has 1 aliphatic heterocycles. The molecule has 1 aliphatic rings. The minimum Gasteiger partial charge on any atom is -0.362 e. The van der Waals surface area contributed by atoms with E-state index in [2.05, 4.69) is 27.4 Å². The van der Waals surface area contributed by atoms with Crippen LogP contribution in [0, 0.1) is 10.1 Å². The van der Waals surface area contributed by atoms with Crippen molar-refractivity contribution >= 4 is 17.3 Å². The fraction of sp³-hybridized carbons (Fsp3) is 0.375. The summed E-state index contributed by atoms with van der Waals surface area (Å²) in [6.45, 7) is 5.16. The van der Waals surface area contributed by atoms with Crippen LogP contribution in [0.1, 0.15) is 25.0 Å². The van der Waals surface area contributed by atoms with Gasteiger partial charge in [-0.2, -0.15) is 0 Å². The Morgan fingerprint density at radius 1 is 1.26 bits per heavy atom. The Hall–Kier alpha value is -2.70. The van der Waals surface area contributed by atoms with Gasteiger partial charge < -0.3 is 10.2 Å². The van der Waals surface area contributed by atoms with Gasteiger partial charge in [0.05, 0.1) is 4.92 Å². The normalized spacial score (nSPS) is 13.8. The van der Waals surface area contributed by atoms with Crippen LogP contribution in [0.4, 0.5) is 17.3 Å². The standard InChI is InChI=1S/C16H19N5O2/c1-11(2)19-15-14(21(22)23)16(18-10-17-15)20-8-7-12-5-3-4-6-13(12)9-20/h3-6,10-11H,7-9H2,1-2H3,(H,17,18,19). The fourth-order valence-electron chi connectivity index (χ4n) is 2.82. The molecule has 0 aliphatic carbocycles. The van der Waals surface area contributed by atoms with Gasteiger partial charge in [-0.15, -0.1) is 0 Å². The second-order valence-corrected chi connectivity index (χ2v) is 5.89. The highest BCUT2D eigenvalue weighted by molar-refractivity contribution is 5.70. The van der Waals surface area contributed by atoms with Crippen LogP contribution < -0.4 is 10.2 Å². The predicted octanol–water partition coefficient (Wildman–Crippen LogP) is 2.77. The number of rotatable bonds is 4. The summed E-state index contributed by atoms with van der Waals surface area (Å²) in [5.41, 5.74) is 2.42. The number of fused-ring (bicyclic) bond motifs is 1. The van der Waals surface area contributed by atoms with E-state index in [4.69, 9.17) is 0 Å². The lowest BCUT2D eigenvalue weighted by Crippen LogP contribution is -2.32. The zero-order valence-electron chi connectivity index (χ0n) is 13.2. The summed E-state index contributed by atoms with van der Waals surface area (Å²) in [5, 5.41) is 14.6. The fourth-order valence-corrected chi connectivity index (χ4v) is 2.82. The van der Waals surface area contributed by atoms with Crippen LogP contribution in [0.2, 0.25) is 0 Å². The van der Waals surface area contributed by atoms with E-state index in [-0.39, 0.29) is 17.5 Å². The Morgan fingerprint density at radius 2 is 2.00 bits per heavy atom. The van der Waals surface area contributed by atoms with Crippen LogP contribution in [0.15, 0.2) is 30.6 Å². The molecule has 2 aromatic rings. The van der Waals surface area contributed by atoms with Crippen molar-refractivity contribution in [3.63, 3.8) is 0 Å². The van der Waals surface area contributed by atoms with Gasteiger partial charge in [0.15, 0.2) is 0 Å². The molecule has 120 valence electrons. The number of anilines is 2. The van der Waals surface area contributed by atoms with E-state index < -0.39 is 4.92 Å². The molecule has 0 saturated heterocycles. The molecule has 7 heteroatoms. The van der Waals surface area contributed by atoms with E-state index in [1.54, 1.807) is 0 Å². The van der Waals surface area contributed by atoms with Crippen molar-refractivity contribution < 1.29 is 4.92 Å². The number of hydrogen-bond acceptors (Lipinski definition) is 6. The van der Waals surface area contributed by atoms with E-state index in [1.807, 2.05) is 30.9 Å². The summed E-state index contributed by atoms with van der Waals surface area (Å²) in [7, 11) is 0. The SMILES string of the molecule is CC(C)Nc1ncnc(N2CCc3ccccc3C2)c1[N+](=O)[O-]. The Kier molecular flexibility index (Phi) is 4.10. The Balaban J connectivity index is 1.98. The summed E-state index contributed by atoms with van der Waals surface area (Å²) in [6, 6.07) is 8.22. The second kappa shape index (κ2) is 6.20.